The first-order chi connectivity index (χ1) is 12.2. The average Bonchev–Trinajstić information content (AvgIpc) is 2.53. The Kier molecular flexibility index (Phi) is 5.78. The van der Waals surface area contributed by atoms with Crippen LogP contribution >= 0.6 is 0 Å². The van der Waals surface area contributed by atoms with Gasteiger partial charge < -0.3 is 4.74 Å². The molecule has 0 saturated carbocycles. The van der Waals surface area contributed by atoms with Gasteiger partial charge in [-0.05, 0) is 25.5 Å². The molecule has 0 amide bonds. The highest BCUT2D eigenvalue weighted by Gasteiger charge is 2.31. The number of hydrogen-bond acceptors (Lipinski definition) is 7. The van der Waals surface area contributed by atoms with Crippen LogP contribution in [0.25, 0.3) is 0 Å². The maximum absolute atomic E-state index is 13.1. The topological polar surface area (TPSA) is 112 Å². The van der Waals surface area contributed by atoms with Gasteiger partial charge in [-0.1, -0.05) is 18.2 Å². The molecular formula is C16H22N6O3S. The van der Waals surface area contributed by atoms with Crippen LogP contribution in [0.15, 0.2) is 35.2 Å². The Hall–Kier alpha value is -2.72. The Bertz CT molecular complexity index is 914. The zero-order chi connectivity index (χ0) is 19.5. The molecule has 0 unspecified atom stereocenters. The summed E-state index contributed by atoms with van der Waals surface area (Å²) in [6.45, 7) is 3.44. The number of guanidine groups is 1. The molecule has 0 aliphatic carbocycles. The second-order valence-corrected chi connectivity index (χ2v) is 7.45. The fourth-order valence-corrected chi connectivity index (χ4v) is 3.96. The van der Waals surface area contributed by atoms with Gasteiger partial charge in [-0.2, -0.15) is 17.8 Å². The molecule has 0 aliphatic heterocycles. The number of methoxy groups -OCH3 is 1. The predicted molar refractivity (Wildman–Crippen MR) is 98.6 cm³/mol. The van der Waals surface area contributed by atoms with Crippen LogP contribution in [0, 0.1) is 19.3 Å². The number of aryl methyl sites for hydroxylation is 2. The summed E-state index contributed by atoms with van der Waals surface area (Å²) in [7, 11) is 0.536. The minimum atomic E-state index is -3.99. The van der Waals surface area contributed by atoms with Crippen molar-refractivity contribution < 1.29 is 13.2 Å². The summed E-state index contributed by atoms with van der Waals surface area (Å²) in [5, 5.41) is 12.2. The van der Waals surface area contributed by atoms with Gasteiger partial charge in [0.05, 0.1) is 12.0 Å². The average molecular weight is 378 g/mol. The standard InChI is InChI=1S/C16H22N6O3S/c1-11-8-6-7-9-13(11)26(23,24)22(21(3)4)15(17)20-16-18-12(2)10-14(19-16)25-5/h6-10H,1-5H3,(H2,17,18,19,20). The Labute approximate surface area is 153 Å². The minimum absolute atomic E-state index is 0.0682. The summed E-state index contributed by atoms with van der Waals surface area (Å²) in [5.74, 6) is -0.0319. The highest BCUT2D eigenvalue weighted by atomic mass is 32.2. The van der Waals surface area contributed by atoms with Crippen molar-refractivity contribution in [1.29, 1.82) is 5.41 Å². The highest BCUT2D eigenvalue weighted by Crippen LogP contribution is 2.21. The van der Waals surface area contributed by atoms with Gasteiger partial charge in [0.1, 0.15) is 0 Å². The van der Waals surface area contributed by atoms with Crippen molar-refractivity contribution >= 4 is 21.9 Å². The van der Waals surface area contributed by atoms with E-state index in [-0.39, 0.29) is 10.8 Å². The number of sulfonamides is 1. The minimum Gasteiger partial charge on any atom is -0.481 e. The van der Waals surface area contributed by atoms with Crippen molar-refractivity contribution in [2.45, 2.75) is 18.7 Å². The molecule has 0 fully saturated rings. The monoisotopic (exact) mass is 378 g/mol. The molecule has 0 atom stereocenters. The number of ether oxygens (including phenoxy) is 1. The number of hydrogen-bond donors (Lipinski definition) is 2. The van der Waals surface area contributed by atoms with Gasteiger partial charge in [-0.15, -0.1) is 0 Å². The lowest BCUT2D eigenvalue weighted by Crippen LogP contribution is -2.48. The summed E-state index contributed by atoms with van der Waals surface area (Å²) < 4.78 is 32.0. The Morgan fingerprint density at radius 3 is 2.42 bits per heavy atom. The molecular weight excluding hydrogens is 356 g/mol. The van der Waals surface area contributed by atoms with Gasteiger partial charge in [0.2, 0.25) is 17.8 Å². The number of nitrogens with zero attached hydrogens (tertiary/aromatic N) is 4. The molecule has 0 saturated heterocycles. The normalized spacial score (nSPS) is 11.3. The lowest BCUT2D eigenvalue weighted by Gasteiger charge is -2.30. The van der Waals surface area contributed by atoms with Gasteiger partial charge >= 0.3 is 0 Å². The summed E-state index contributed by atoms with van der Waals surface area (Å²) in [6.07, 6.45) is 0. The maximum atomic E-state index is 13.1. The van der Waals surface area contributed by atoms with E-state index in [4.69, 9.17) is 10.1 Å². The molecule has 1 aromatic carbocycles. The van der Waals surface area contributed by atoms with Crippen LogP contribution in [-0.2, 0) is 10.0 Å². The third-order valence-electron chi connectivity index (χ3n) is 3.42. The number of rotatable bonds is 5. The number of hydrazine groups is 1. The fourth-order valence-electron chi connectivity index (χ4n) is 2.33. The Morgan fingerprint density at radius 2 is 1.85 bits per heavy atom. The first-order valence-electron chi connectivity index (χ1n) is 7.70. The Morgan fingerprint density at radius 1 is 1.19 bits per heavy atom. The van der Waals surface area contributed by atoms with Crippen LogP contribution in [0.1, 0.15) is 11.3 Å². The molecule has 2 N–H and O–H groups in total. The van der Waals surface area contributed by atoms with E-state index in [1.54, 1.807) is 38.1 Å². The van der Waals surface area contributed by atoms with Crippen LogP contribution in [-0.4, -0.2) is 55.0 Å². The van der Waals surface area contributed by atoms with E-state index in [9.17, 15) is 8.42 Å². The molecule has 140 valence electrons. The van der Waals surface area contributed by atoms with E-state index in [2.05, 4.69) is 15.3 Å². The largest absolute Gasteiger partial charge is 0.481 e. The van der Waals surface area contributed by atoms with Crippen LogP contribution in [0.3, 0.4) is 0 Å². The molecule has 26 heavy (non-hydrogen) atoms. The predicted octanol–water partition coefficient (Wildman–Crippen LogP) is 1.62. The quantitative estimate of drug-likeness (QED) is 0.462. The van der Waals surface area contributed by atoms with Gasteiger partial charge in [0.25, 0.3) is 10.0 Å². The van der Waals surface area contributed by atoms with Gasteiger partial charge in [-0.25, -0.2) is 9.99 Å². The second kappa shape index (κ2) is 7.67. The van der Waals surface area contributed by atoms with E-state index in [0.29, 0.717) is 17.1 Å². The first-order valence-corrected chi connectivity index (χ1v) is 9.14. The molecule has 2 aromatic rings. The lowest BCUT2D eigenvalue weighted by molar-refractivity contribution is 0.209. The van der Waals surface area contributed by atoms with E-state index < -0.39 is 16.0 Å². The fraction of sp³-hybridized carbons (Fsp3) is 0.312. The lowest BCUT2D eigenvalue weighted by atomic mass is 10.2. The first kappa shape index (κ1) is 19.6. The van der Waals surface area contributed by atoms with E-state index in [1.807, 2.05) is 0 Å². The van der Waals surface area contributed by atoms with Crippen molar-refractivity contribution in [2.24, 2.45) is 0 Å². The SMILES string of the molecule is COc1cc(C)nc(NC(=N)N(N(C)C)S(=O)(=O)c2ccccc2C)n1. The van der Waals surface area contributed by atoms with Crippen molar-refractivity contribution in [3.63, 3.8) is 0 Å². The van der Waals surface area contributed by atoms with Gasteiger partial charge in [0.15, 0.2) is 0 Å². The summed E-state index contributed by atoms with van der Waals surface area (Å²) >= 11 is 0. The summed E-state index contributed by atoms with van der Waals surface area (Å²) in [6, 6.07) is 8.22. The number of nitrogens with one attached hydrogen (secondary N) is 2. The summed E-state index contributed by atoms with van der Waals surface area (Å²) in [4.78, 5) is 8.35. The number of benzene rings is 1. The third-order valence-corrected chi connectivity index (χ3v) is 5.40. The molecule has 10 heteroatoms. The maximum Gasteiger partial charge on any atom is 0.280 e. The van der Waals surface area contributed by atoms with Crippen LogP contribution in [0.5, 0.6) is 5.88 Å². The van der Waals surface area contributed by atoms with Crippen molar-refractivity contribution in [1.82, 2.24) is 19.4 Å². The third kappa shape index (κ3) is 4.09. The van der Waals surface area contributed by atoms with Crippen LogP contribution in [0.2, 0.25) is 0 Å². The van der Waals surface area contributed by atoms with Crippen molar-refractivity contribution in [2.75, 3.05) is 26.5 Å². The van der Waals surface area contributed by atoms with Crippen LogP contribution < -0.4 is 10.1 Å². The Balaban J connectivity index is 2.40. The zero-order valence-corrected chi connectivity index (χ0v) is 16.1. The zero-order valence-electron chi connectivity index (χ0n) is 15.3. The molecule has 0 spiro atoms. The van der Waals surface area contributed by atoms with Crippen molar-refractivity contribution in [3.8, 4) is 5.88 Å². The van der Waals surface area contributed by atoms with E-state index >= 15 is 0 Å². The molecule has 9 nitrogen and oxygen atoms in total. The van der Waals surface area contributed by atoms with Gasteiger partial charge in [-0.3, -0.25) is 10.7 Å². The smallest absolute Gasteiger partial charge is 0.280 e. The highest BCUT2D eigenvalue weighted by molar-refractivity contribution is 7.89. The van der Waals surface area contributed by atoms with E-state index in [0.717, 1.165) is 4.41 Å². The molecule has 0 bridgehead atoms. The van der Waals surface area contributed by atoms with Crippen LogP contribution in [0.4, 0.5) is 5.95 Å². The van der Waals surface area contributed by atoms with Crippen molar-refractivity contribution in [3.05, 3.63) is 41.6 Å². The molecule has 2 rings (SSSR count). The summed E-state index contributed by atoms with van der Waals surface area (Å²) in [5.41, 5.74) is 1.20. The molecule has 1 aromatic heterocycles. The molecule has 0 radical (unpaired) electrons. The second-order valence-electron chi connectivity index (χ2n) is 5.71. The number of anilines is 1. The van der Waals surface area contributed by atoms with Gasteiger partial charge in [0, 0.05) is 25.9 Å². The van der Waals surface area contributed by atoms with E-state index in [1.165, 1.54) is 32.3 Å². The molecule has 1 heterocycles. The number of aromatic nitrogens is 2. The molecule has 0 aliphatic rings.